The smallest absolute Gasteiger partial charge is 0.393 e. The predicted octanol–water partition coefficient (Wildman–Crippen LogP) is -1.65. The lowest BCUT2D eigenvalue weighted by atomic mass is 10.8. The summed E-state index contributed by atoms with van der Waals surface area (Å²) in [6.07, 6.45) is 0. The van der Waals surface area contributed by atoms with Crippen molar-refractivity contribution in [3.63, 3.8) is 0 Å². The van der Waals surface area contributed by atoms with Crippen molar-refractivity contribution >= 4 is 21.5 Å². The zero-order chi connectivity index (χ0) is 9.07. The van der Waals surface area contributed by atoms with Crippen LogP contribution >= 0.6 is 0 Å². The number of rotatable bonds is 4. The van der Waals surface area contributed by atoms with Crippen LogP contribution in [-0.4, -0.2) is 38.9 Å². The molecule has 0 saturated carbocycles. The van der Waals surface area contributed by atoms with Gasteiger partial charge in [-0.2, -0.15) is 8.42 Å². The fourth-order valence-corrected chi connectivity index (χ4v) is 1.29. The first-order valence-electron chi connectivity index (χ1n) is 2.23. The molecule has 9 heteroatoms. The molecule has 0 amide bonds. The van der Waals surface area contributed by atoms with Crippen LogP contribution in [-0.2, 0) is 25.7 Å². The van der Waals surface area contributed by atoms with Crippen LogP contribution in [0.3, 0.4) is 0 Å². The zero-order valence-corrected chi connectivity index (χ0v) is 6.71. The first kappa shape index (κ1) is 10.9. The van der Waals surface area contributed by atoms with E-state index in [1.54, 1.807) is 0 Å². The molecule has 0 spiro atoms. The summed E-state index contributed by atoms with van der Waals surface area (Å²) in [5, 5.41) is 8.21. The van der Waals surface area contributed by atoms with E-state index in [-0.39, 0.29) is 0 Å². The molecule has 7 nitrogen and oxygen atoms in total. The lowest BCUT2D eigenvalue weighted by Gasteiger charge is -2.06. The highest BCUT2D eigenvalue weighted by molar-refractivity contribution is 7.83. The summed E-state index contributed by atoms with van der Waals surface area (Å²) in [5.41, 5.74) is -1.84. The van der Waals surface area contributed by atoms with E-state index in [1.165, 1.54) is 0 Å². The van der Waals surface area contributed by atoms with Gasteiger partial charge in [0.15, 0.2) is 11.1 Å². The minimum Gasteiger partial charge on any atom is -0.393 e. The molecule has 0 aromatic rings. The molecule has 3 N–H and O–H groups in total. The Balaban J connectivity index is 4.22. The van der Waals surface area contributed by atoms with Crippen LogP contribution in [0.25, 0.3) is 0 Å². The average Bonchev–Trinajstić information content (AvgIpc) is 1.80. The maximum Gasteiger partial charge on any atom is 0.398 e. The minimum absolute atomic E-state index is 0.983. The van der Waals surface area contributed by atoms with Gasteiger partial charge in [-0.05, 0) is 0 Å². The lowest BCUT2D eigenvalue weighted by molar-refractivity contribution is 0.157. The van der Waals surface area contributed by atoms with Gasteiger partial charge in [0.1, 0.15) is 0 Å². The van der Waals surface area contributed by atoms with Crippen molar-refractivity contribution in [1.82, 2.24) is 0 Å². The fourth-order valence-electron chi connectivity index (χ4n) is 0.263. The molecule has 11 heavy (non-hydrogen) atoms. The van der Waals surface area contributed by atoms with Gasteiger partial charge in [-0.25, -0.2) is 8.39 Å². The molecule has 68 valence electrons. The van der Waals surface area contributed by atoms with E-state index in [0.29, 0.717) is 0 Å². The van der Waals surface area contributed by atoms with Crippen LogP contribution < -0.4 is 0 Å². The van der Waals surface area contributed by atoms with E-state index in [0.717, 1.165) is 0 Å². The maximum absolute atomic E-state index is 10.1. The third-order valence-electron chi connectivity index (χ3n) is 0.603. The highest BCUT2D eigenvalue weighted by Crippen LogP contribution is 1.99. The molecule has 0 rings (SSSR count). The van der Waals surface area contributed by atoms with Gasteiger partial charge in [-0.15, -0.1) is 0 Å². The Bertz CT molecular complexity index is 229. The van der Waals surface area contributed by atoms with Crippen molar-refractivity contribution in [2.45, 2.75) is 5.44 Å². The van der Waals surface area contributed by atoms with Gasteiger partial charge in [-0.1, -0.05) is 0 Å². The molecule has 0 heterocycles. The summed E-state index contributed by atoms with van der Waals surface area (Å²) in [5.74, 6) is 0. The average molecular weight is 206 g/mol. The Morgan fingerprint density at radius 2 is 2.00 bits per heavy atom. The summed E-state index contributed by atoms with van der Waals surface area (Å²) in [6.45, 7) is -0.983. The Labute approximate surface area is 65.2 Å². The standard InChI is InChI=1S/C2H6O7S2/c3-1-2(10(4)5)9-11(6,7)8/h2-3H,1H2,(H,4,5)(H,6,7,8). The summed E-state index contributed by atoms with van der Waals surface area (Å²) in [7, 11) is -4.79. The molecule has 0 bridgehead atoms. The normalized spacial score (nSPS) is 17.7. The van der Waals surface area contributed by atoms with Gasteiger partial charge in [-0.3, -0.25) is 4.55 Å². The molecule has 0 aliphatic rings. The van der Waals surface area contributed by atoms with E-state index in [1.807, 2.05) is 0 Å². The van der Waals surface area contributed by atoms with Crippen molar-refractivity contribution in [3.8, 4) is 0 Å². The van der Waals surface area contributed by atoms with Gasteiger partial charge >= 0.3 is 10.4 Å². The first-order chi connectivity index (χ1) is 4.87. The quantitative estimate of drug-likeness (QED) is 0.372. The molecule has 0 aliphatic heterocycles. The highest BCUT2D eigenvalue weighted by Gasteiger charge is 2.21. The summed E-state index contributed by atoms with van der Waals surface area (Å²) >= 11 is -2.66. The van der Waals surface area contributed by atoms with Crippen LogP contribution in [0.1, 0.15) is 0 Å². The second-order valence-corrected chi connectivity index (χ2v) is 3.54. The Morgan fingerprint density at radius 3 is 2.09 bits per heavy atom. The molecule has 0 fully saturated rings. The van der Waals surface area contributed by atoms with Gasteiger partial charge in [0.25, 0.3) is 0 Å². The molecule has 0 aromatic carbocycles. The molecule has 0 radical (unpaired) electrons. The number of aliphatic hydroxyl groups excluding tert-OH is 1. The first-order valence-corrected chi connectivity index (χ1v) is 4.76. The van der Waals surface area contributed by atoms with Crippen LogP contribution in [0.2, 0.25) is 0 Å². The van der Waals surface area contributed by atoms with Crippen LogP contribution in [0.5, 0.6) is 0 Å². The molecule has 2 unspecified atom stereocenters. The fraction of sp³-hybridized carbons (Fsp3) is 1.00. The number of aliphatic hydroxyl groups is 1. The second-order valence-electron chi connectivity index (χ2n) is 1.41. The summed E-state index contributed by atoms with van der Waals surface area (Å²) < 4.78 is 49.5. The monoisotopic (exact) mass is 206 g/mol. The van der Waals surface area contributed by atoms with Crippen molar-refractivity contribution in [2.75, 3.05) is 6.61 Å². The Morgan fingerprint density at radius 1 is 1.55 bits per heavy atom. The third kappa shape index (κ3) is 5.24. The van der Waals surface area contributed by atoms with Gasteiger partial charge in [0.05, 0.1) is 6.61 Å². The third-order valence-corrected chi connectivity index (χ3v) is 1.90. The van der Waals surface area contributed by atoms with E-state index in [4.69, 9.17) is 14.2 Å². The van der Waals surface area contributed by atoms with Crippen molar-refractivity contribution in [2.24, 2.45) is 0 Å². The second kappa shape index (κ2) is 4.09. The van der Waals surface area contributed by atoms with E-state index >= 15 is 0 Å². The largest absolute Gasteiger partial charge is 0.398 e. The molecular formula is C2H6O7S2. The number of hydrogen-bond donors (Lipinski definition) is 3. The van der Waals surface area contributed by atoms with Crippen molar-refractivity contribution in [1.29, 1.82) is 0 Å². The molecule has 0 saturated heterocycles. The van der Waals surface area contributed by atoms with Crippen LogP contribution in [0.4, 0.5) is 0 Å². The minimum atomic E-state index is -4.79. The number of hydrogen-bond acceptors (Lipinski definition) is 5. The molecular weight excluding hydrogens is 200 g/mol. The zero-order valence-electron chi connectivity index (χ0n) is 5.08. The van der Waals surface area contributed by atoms with Crippen molar-refractivity contribution < 1.29 is 31.0 Å². The Hall–Kier alpha value is -0.0600. The van der Waals surface area contributed by atoms with Gasteiger partial charge < -0.3 is 9.66 Å². The van der Waals surface area contributed by atoms with Gasteiger partial charge in [0, 0.05) is 0 Å². The van der Waals surface area contributed by atoms with E-state index in [2.05, 4.69) is 4.18 Å². The van der Waals surface area contributed by atoms with Crippen LogP contribution in [0, 0.1) is 0 Å². The lowest BCUT2D eigenvalue weighted by Crippen LogP contribution is -2.25. The Kier molecular flexibility index (Phi) is 4.07. The maximum atomic E-state index is 10.1. The molecule has 0 aromatic heterocycles. The highest BCUT2D eigenvalue weighted by atomic mass is 32.3. The summed E-state index contributed by atoms with van der Waals surface area (Å²) in [4.78, 5) is 0. The molecule has 2 atom stereocenters. The predicted molar refractivity (Wildman–Crippen MR) is 34.3 cm³/mol. The topological polar surface area (TPSA) is 121 Å². The van der Waals surface area contributed by atoms with Gasteiger partial charge in [0.2, 0.25) is 5.44 Å². The SMILES string of the molecule is O=S(O)C(CO)OS(=O)(=O)O. The molecule has 0 aliphatic carbocycles. The van der Waals surface area contributed by atoms with Crippen LogP contribution in [0.15, 0.2) is 0 Å². The summed E-state index contributed by atoms with van der Waals surface area (Å²) in [6, 6.07) is 0. The van der Waals surface area contributed by atoms with E-state index < -0.39 is 33.5 Å². The van der Waals surface area contributed by atoms with Crippen molar-refractivity contribution in [3.05, 3.63) is 0 Å². The van der Waals surface area contributed by atoms with E-state index in [9.17, 15) is 12.6 Å².